The minimum Gasteiger partial charge on any atom is -0.382 e. The van der Waals surface area contributed by atoms with Crippen molar-refractivity contribution >= 4 is 23.4 Å². The van der Waals surface area contributed by atoms with E-state index in [4.69, 9.17) is 18.9 Å². The van der Waals surface area contributed by atoms with Crippen LogP contribution >= 0.6 is 0 Å². The number of carbonyl (C=O) groups excluding carboxylic acids is 2. The molecule has 0 aliphatic rings. The van der Waals surface area contributed by atoms with E-state index < -0.39 is 0 Å². The van der Waals surface area contributed by atoms with Gasteiger partial charge in [-0.05, 0) is 43.9 Å². The average Bonchev–Trinajstić information content (AvgIpc) is 2.75. The second kappa shape index (κ2) is 17.2. The van der Waals surface area contributed by atoms with Crippen LogP contribution in [0.4, 0.5) is 21.0 Å². The fraction of sp³-hybridized carbons (Fsp3) is 0.636. The van der Waals surface area contributed by atoms with E-state index in [1.165, 1.54) is 0 Å². The topological polar surface area (TPSA) is 119 Å². The van der Waals surface area contributed by atoms with Gasteiger partial charge in [-0.3, -0.25) is 0 Å². The van der Waals surface area contributed by atoms with E-state index in [1.807, 2.05) is 19.9 Å². The van der Waals surface area contributed by atoms with E-state index in [0.29, 0.717) is 76.9 Å². The van der Waals surface area contributed by atoms with Crippen LogP contribution in [0.3, 0.4) is 0 Å². The lowest BCUT2D eigenvalue weighted by atomic mass is 10.1. The molecule has 32 heavy (non-hydrogen) atoms. The third-order valence-corrected chi connectivity index (χ3v) is 4.43. The summed E-state index contributed by atoms with van der Waals surface area (Å²) in [5, 5.41) is 11.3. The summed E-state index contributed by atoms with van der Waals surface area (Å²) in [7, 11) is 3.25. The van der Waals surface area contributed by atoms with Crippen molar-refractivity contribution in [2.45, 2.75) is 26.7 Å². The molecule has 0 aliphatic heterocycles. The van der Waals surface area contributed by atoms with E-state index in [0.717, 1.165) is 11.1 Å². The molecule has 0 heterocycles. The highest BCUT2D eigenvalue weighted by atomic mass is 16.5. The van der Waals surface area contributed by atoms with Gasteiger partial charge in [0.2, 0.25) is 0 Å². The number of hydrogen-bond donors (Lipinski definition) is 4. The van der Waals surface area contributed by atoms with Gasteiger partial charge >= 0.3 is 12.1 Å². The van der Waals surface area contributed by atoms with Gasteiger partial charge in [-0.15, -0.1) is 0 Å². The molecule has 0 saturated heterocycles. The lowest BCUT2D eigenvalue weighted by Crippen LogP contribution is -2.31. The highest BCUT2D eigenvalue weighted by Crippen LogP contribution is 2.24. The number of benzene rings is 1. The van der Waals surface area contributed by atoms with Gasteiger partial charge in [-0.25, -0.2) is 9.59 Å². The van der Waals surface area contributed by atoms with Crippen LogP contribution in [0.2, 0.25) is 0 Å². The van der Waals surface area contributed by atoms with E-state index in [1.54, 1.807) is 20.3 Å². The lowest BCUT2D eigenvalue weighted by Gasteiger charge is -2.15. The third-order valence-electron chi connectivity index (χ3n) is 4.43. The summed E-state index contributed by atoms with van der Waals surface area (Å²) in [6.45, 7) is 8.08. The van der Waals surface area contributed by atoms with Crippen molar-refractivity contribution in [3.63, 3.8) is 0 Å². The van der Waals surface area contributed by atoms with Crippen LogP contribution in [0.5, 0.6) is 0 Å². The van der Waals surface area contributed by atoms with Gasteiger partial charge < -0.3 is 40.2 Å². The molecule has 1 aromatic rings. The molecule has 1 aromatic carbocycles. The number of aryl methyl sites for hydroxylation is 2. The summed E-state index contributed by atoms with van der Waals surface area (Å²) in [6.07, 6.45) is 1.41. The molecule has 0 aliphatic carbocycles. The smallest absolute Gasteiger partial charge is 0.319 e. The van der Waals surface area contributed by atoms with Crippen molar-refractivity contribution in [2.75, 3.05) is 77.6 Å². The minimum absolute atomic E-state index is 0.308. The third kappa shape index (κ3) is 12.5. The molecular formula is C22H38N4O6. The first kappa shape index (κ1) is 27.6. The minimum atomic E-state index is -0.308. The Labute approximate surface area is 190 Å². The normalized spacial score (nSPS) is 10.6. The van der Waals surface area contributed by atoms with Crippen LogP contribution in [-0.2, 0) is 18.9 Å². The van der Waals surface area contributed by atoms with Gasteiger partial charge in [-0.2, -0.15) is 0 Å². The molecular weight excluding hydrogens is 416 g/mol. The van der Waals surface area contributed by atoms with Gasteiger partial charge in [0, 0.05) is 51.9 Å². The molecule has 1 rings (SSSR count). The molecule has 10 nitrogen and oxygen atoms in total. The molecule has 0 spiro atoms. The number of hydrogen-bond acceptors (Lipinski definition) is 6. The fourth-order valence-electron chi connectivity index (χ4n) is 2.70. The maximum Gasteiger partial charge on any atom is 0.319 e. The van der Waals surface area contributed by atoms with Crippen LogP contribution in [-0.4, -0.2) is 79.0 Å². The molecule has 0 fully saturated rings. The van der Waals surface area contributed by atoms with E-state index >= 15 is 0 Å². The molecule has 4 amide bonds. The Kier molecular flexibility index (Phi) is 14.8. The largest absolute Gasteiger partial charge is 0.382 e. The number of anilines is 2. The summed E-state index contributed by atoms with van der Waals surface area (Å²) >= 11 is 0. The van der Waals surface area contributed by atoms with Crippen LogP contribution in [0, 0.1) is 13.8 Å². The molecule has 0 saturated carbocycles. The molecule has 0 unspecified atom stereocenters. The highest BCUT2D eigenvalue weighted by Gasteiger charge is 2.10. The van der Waals surface area contributed by atoms with Gasteiger partial charge in [0.05, 0.1) is 26.4 Å². The van der Waals surface area contributed by atoms with Gasteiger partial charge in [0.15, 0.2) is 0 Å². The summed E-state index contributed by atoms with van der Waals surface area (Å²) in [6, 6.07) is 3.06. The van der Waals surface area contributed by atoms with Crippen molar-refractivity contribution in [1.29, 1.82) is 0 Å². The number of ether oxygens (including phenoxy) is 4. The molecule has 4 N–H and O–H groups in total. The standard InChI is InChI=1S/C22H38N4O6/c1-17-15-18(2)20(26-22(28)24-8-6-10-32-14-12-30-4)16-19(17)25-21(27)23-7-5-9-31-13-11-29-3/h15-16H,5-14H2,1-4H3,(H2,23,25,27)(H2,24,26,28). The zero-order chi connectivity index (χ0) is 23.6. The first-order valence-corrected chi connectivity index (χ1v) is 10.8. The molecule has 0 aromatic heterocycles. The summed E-state index contributed by atoms with van der Waals surface area (Å²) < 4.78 is 20.5. The van der Waals surface area contributed by atoms with Crippen molar-refractivity contribution in [3.05, 3.63) is 23.3 Å². The van der Waals surface area contributed by atoms with Crippen LogP contribution in [0.25, 0.3) is 0 Å². The second-order valence-electron chi connectivity index (χ2n) is 7.16. The predicted octanol–water partition coefficient (Wildman–Crippen LogP) is 2.65. The molecule has 0 radical (unpaired) electrons. The van der Waals surface area contributed by atoms with Gasteiger partial charge in [-0.1, -0.05) is 6.07 Å². The number of amides is 4. The first-order chi connectivity index (χ1) is 15.5. The predicted molar refractivity (Wildman–Crippen MR) is 125 cm³/mol. The van der Waals surface area contributed by atoms with Crippen LogP contribution < -0.4 is 21.3 Å². The number of methoxy groups -OCH3 is 2. The molecule has 0 bridgehead atoms. The molecule has 182 valence electrons. The quantitative estimate of drug-likeness (QED) is 0.285. The number of carbonyl (C=O) groups is 2. The average molecular weight is 455 g/mol. The zero-order valence-corrected chi connectivity index (χ0v) is 19.7. The Hall–Kier alpha value is -2.40. The van der Waals surface area contributed by atoms with Crippen LogP contribution in [0.1, 0.15) is 24.0 Å². The van der Waals surface area contributed by atoms with Crippen molar-refractivity contribution in [3.8, 4) is 0 Å². The van der Waals surface area contributed by atoms with Gasteiger partial charge in [0.1, 0.15) is 0 Å². The monoisotopic (exact) mass is 454 g/mol. The van der Waals surface area contributed by atoms with E-state index in [2.05, 4.69) is 21.3 Å². The summed E-state index contributed by atoms with van der Waals surface area (Å²) in [5.41, 5.74) is 3.07. The van der Waals surface area contributed by atoms with Crippen molar-refractivity contribution < 1.29 is 28.5 Å². The Morgan fingerprint density at radius 1 is 0.688 bits per heavy atom. The number of nitrogens with one attached hydrogen (secondary N) is 4. The maximum absolute atomic E-state index is 12.2. The van der Waals surface area contributed by atoms with E-state index in [9.17, 15) is 9.59 Å². The maximum atomic E-state index is 12.2. The number of rotatable bonds is 16. The summed E-state index contributed by atoms with van der Waals surface area (Å²) in [4.78, 5) is 24.4. The molecule has 0 atom stereocenters. The zero-order valence-electron chi connectivity index (χ0n) is 19.7. The Balaban J connectivity index is 2.40. The van der Waals surface area contributed by atoms with Crippen molar-refractivity contribution in [2.24, 2.45) is 0 Å². The fourth-order valence-corrected chi connectivity index (χ4v) is 2.70. The number of urea groups is 2. The Morgan fingerprint density at radius 2 is 1.12 bits per heavy atom. The van der Waals surface area contributed by atoms with E-state index in [-0.39, 0.29) is 12.1 Å². The first-order valence-electron chi connectivity index (χ1n) is 10.8. The van der Waals surface area contributed by atoms with Crippen LogP contribution in [0.15, 0.2) is 12.1 Å². The molecule has 10 heteroatoms. The highest BCUT2D eigenvalue weighted by molar-refractivity contribution is 5.94. The van der Waals surface area contributed by atoms with Crippen molar-refractivity contribution in [1.82, 2.24) is 10.6 Å². The Morgan fingerprint density at radius 3 is 1.53 bits per heavy atom. The summed E-state index contributed by atoms with van der Waals surface area (Å²) in [5.74, 6) is 0. The Bertz CT molecular complexity index is 633. The lowest BCUT2D eigenvalue weighted by molar-refractivity contribution is 0.0697. The SMILES string of the molecule is COCCOCCCNC(=O)Nc1cc(NC(=O)NCCCOCCOC)c(C)cc1C. The van der Waals surface area contributed by atoms with Gasteiger partial charge in [0.25, 0.3) is 0 Å². The second-order valence-corrected chi connectivity index (χ2v) is 7.16.